The van der Waals surface area contributed by atoms with Crippen LogP contribution >= 0.6 is 11.3 Å². The van der Waals surface area contributed by atoms with Crippen molar-refractivity contribution in [3.63, 3.8) is 0 Å². The molecule has 0 radical (unpaired) electrons. The lowest BCUT2D eigenvalue weighted by Gasteiger charge is -2.08. The van der Waals surface area contributed by atoms with Crippen molar-refractivity contribution in [2.45, 2.75) is 13.5 Å². The van der Waals surface area contributed by atoms with Gasteiger partial charge in [-0.3, -0.25) is 10.1 Å². The predicted octanol–water partition coefficient (Wildman–Crippen LogP) is 3.81. The minimum Gasteiger partial charge on any atom is -0.491 e. The molecule has 20 heavy (non-hydrogen) atoms. The lowest BCUT2D eigenvalue weighted by molar-refractivity contribution is -0.380. The summed E-state index contributed by atoms with van der Waals surface area (Å²) in [7, 11) is 0. The van der Waals surface area contributed by atoms with Crippen LogP contribution in [0, 0.1) is 15.9 Å². The number of nitro groups is 1. The van der Waals surface area contributed by atoms with E-state index in [9.17, 15) is 14.5 Å². The van der Waals surface area contributed by atoms with E-state index >= 15 is 0 Å². The molecule has 1 heterocycles. The second-order valence-electron chi connectivity index (χ2n) is 3.98. The quantitative estimate of drug-likeness (QED) is 0.650. The van der Waals surface area contributed by atoms with Gasteiger partial charge in [0.1, 0.15) is 0 Å². The number of rotatable bonds is 6. The van der Waals surface area contributed by atoms with E-state index in [1.54, 1.807) is 24.4 Å². The molecule has 0 amide bonds. The summed E-state index contributed by atoms with van der Waals surface area (Å²) in [6, 6.07) is 6.10. The van der Waals surface area contributed by atoms with E-state index in [0.717, 1.165) is 16.9 Å². The number of ether oxygens (including phenoxy) is 1. The van der Waals surface area contributed by atoms with Crippen molar-refractivity contribution >= 4 is 22.0 Å². The van der Waals surface area contributed by atoms with E-state index in [0.29, 0.717) is 18.8 Å². The highest BCUT2D eigenvalue weighted by Gasteiger charge is 2.09. The number of halogens is 1. The predicted molar refractivity (Wildman–Crippen MR) is 75.9 cm³/mol. The molecule has 0 bridgehead atoms. The van der Waals surface area contributed by atoms with Crippen molar-refractivity contribution in [2.24, 2.45) is 0 Å². The number of nitrogens with zero attached hydrogens (tertiary/aromatic N) is 1. The molecule has 0 aliphatic carbocycles. The van der Waals surface area contributed by atoms with Crippen LogP contribution in [0.1, 0.15) is 12.5 Å². The van der Waals surface area contributed by atoms with Crippen LogP contribution in [-0.4, -0.2) is 11.5 Å². The summed E-state index contributed by atoms with van der Waals surface area (Å²) < 4.78 is 18.7. The zero-order valence-electron chi connectivity index (χ0n) is 10.8. The highest BCUT2D eigenvalue weighted by Crippen LogP contribution is 2.24. The van der Waals surface area contributed by atoms with Crippen LogP contribution < -0.4 is 10.1 Å². The van der Waals surface area contributed by atoms with Gasteiger partial charge in [0.15, 0.2) is 11.6 Å². The zero-order chi connectivity index (χ0) is 14.5. The molecule has 1 N–H and O–H groups in total. The maximum absolute atomic E-state index is 13.6. The maximum Gasteiger partial charge on any atom is 0.324 e. The van der Waals surface area contributed by atoms with Crippen molar-refractivity contribution < 1.29 is 14.1 Å². The van der Waals surface area contributed by atoms with Gasteiger partial charge in [-0.05, 0) is 24.6 Å². The monoisotopic (exact) mass is 296 g/mol. The SMILES string of the molecule is CCOc1ccc(NCc2csc([N+](=O)[O-])c2)cc1F. The summed E-state index contributed by atoms with van der Waals surface area (Å²) in [6.45, 7) is 2.59. The van der Waals surface area contributed by atoms with E-state index in [-0.39, 0.29) is 10.8 Å². The molecule has 0 aliphatic heterocycles. The molecule has 5 nitrogen and oxygen atoms in total. The lowest BCUT2D eigenvalue weighted by Crippen LogP contribution is -2.00. The van der Waals surface area contributed by atoms with Crippen LogP contribution in [0.4, 0.5) is 15.1 Å². The van der Waals surface area contributed by atoms with E-state index in [2.05, 4.69) is 5.32 Å². The summed E-state index contributed by atoms with van der Waals surface area (Å²) in [5, 5.41) is 15.4. The van der Waals surface area contributed by atoms with Gasteiger partial charge in [0.25, 0.3) is 0 Å². The standard InChI is InChI=1S/C13H13FN2O3S/c1-2-19-12-4-3-10(6-11(12)14)15-7-9-5-13(16(17)18)20-8-9/h3-6,8,15H,2,7H2,1H3. The first-order chi connectivity index (χ1) is 9.60. The first kappa shape index (κ1) is 14.3. The fraction of sp³-hybridized carbons (Fsp3) is 0.231. The van der Waals surface area contributed by atoms with E-state index in [1.807, 2.05) is 0 Å². The topological polar surface area (TPSA) is 64.4 Å². The number of hydrogen-bond donors (Lipinski definition) is 1. The van der Waals surface area contributed by atoms with Gasteiger partial charge in [-0.2, -0.15) is 0 Å². The van der Waals surface area contributed by atoms with Crippen LogP contribution in [0.3, 0.4) is 0 Å². The minimum absolute atomic E-state index is 0.0969. The van der Waals surface area contributed by atoms with E-state index < -0.39 is 10.7 Å². The molecule has 0 saturated carbocycles. The molecule has 0 spiro atoms. The van der Waals surface area contributed by atoms with Gasteiger partial charge in [-0.25, -0.2) is 4.39 Å². The van der Waals surface area contributed by atoms with Crippen LogP contribution in [0.5, 0.6) is 5.75 Å². The Morgan fingerprint density at radius 1 is 1.45 bits per heavy atom. The van der Waals surface area contributed by atoms with Crippen LogP contribution in [0.25, 0.3) is 0 Å². The largest absolute Gasteiger partial charge is 0.491 e. The normalized spacial score (nSPS) is 10.3. The summed E-state index contributed by atoms with van der Waals surface area (Å²) in [5.74, 6) is -0.225. The molecule has 0 atom stereocenters. The van der Waals surface area contributed by atoms with Gasteiger partial charge in [0.05, 0.1) is 11.5 Å². The second-order valence-corrected chi connectivity index (χ2v) is 4.87. The Labute approximate surface area is 119 Å². The van der Waals surface area contributed by atoms with E-state index in [1.165, 1.54) is 12.1 Å². The molecule has 7 heteroatoms. The smallest absolute Gasteiger partial charge is 0.324 e. The summed E-state index contributed by atoms with van der Waals surface area (Å²) in [6.07, 6.45) is 0. The third kappa shape index (κ3) is 3.45. The molecule has 1 aromatic carbocycles. The molecule has 2 rings (SSSR count). The van der Waals surface area contributed by atoms with Gasteiger partial charge in [-0.1, -0.05) is 11.3 Å². The van der Waals surface area contributed by atoms with Gasteiger partial charge in [0.2, 0.25) is 0 Å². The number of nitrogens with one attached hydrogen (secondary N) is 1. The molecule has 106 valence electrons. The average Bonchev–Trinajstić information content (AvgIpc) is 2.88. The van der Waals surface area contributed by atoms with Gasteiger partial charge < -0.3 is 10.1 Å². The third-order valence-corrected chi connectivity index (χ3v) is 3.48. The molecule has 1 aromatic heterocycles. The van der Waals surface area contributed by atoms with Crippen molar-refractivity contribution in [3.05, 3.63) is 51.1 Å². The lowest BCUT2D eigenvalue weighted by atomic mass is 10.2. The molecule has 0 aliphatic rings. The molecule has 2 aromatic rings. The second kappa shape index (κ2) is 6.33. The number of anilines is 1. The van der Waals surface area contributed by atoms with Crippen molar-refractivity contribution in [1.29, 1.82) is 0 Å². The fourth-order valence-corrected chi connectivity index (χ4v) is 2.37. The summed E-state index contributed by atoms with van der Waals surface area (Å²) in [5.41, 5.74) is 1.38. The van der Waals surface area contributed by atoms with Gasteiger partial charge in [0, 0.05) is 29.7 Å². The Hall–Kier alpha value is -2.15. The van der Waals surface area contributed by atoms with Crippen molar-refractivity contribution in [3.8, 4) is 5.75 Å². The van der Waals surface area contributed by atoms with Crippen LogP contribution in [0.2, 0.25) is 0 Å². The Bertz CT molecular complexity index is 615. The average molecular weight is 296 g/mol. The Morgan fingerprint density at radius 2 is 2.25 bits per heavy atom. The van der Waals surface area contributed by atoms with E-state index in [4.69, 9.17) is 4.74 Å². The summed E-state index contributed by atoms with van der Waals surface area (Å²) >= 11 is 1.07. The van der Waals surface area contributed by atoms with Crippen molar-refractivity contribution in [1.82, 2.24) is 0 Å². The first-order valence-electron chi connectivity index (χ1n) is 5.98. The Balaban J connectivity index is 1.99. The molecule has 0 fully saturated rings. The highest BCUT2D eigenvalue weighted by molar-refractivity contribution is 7.13. The number of benzene rings is 1. The molecular formula is C13H13FN2O3S. The van der Waals surface area contributed by atoms with Crippen molar-refractivity contribution in [2.75, 3.05) is 11.9 Å². The molecular weight excluding hydrogens is 283 g/mol. The third-order valence-electron chi connectivity index (χ3n) is 2.55. The zero-order valence-corrected chi connectivity index (χ0v) is 11.6. The first-order valence-corrected chi connectivity index (χ1v) is 6.86. The number of hydrogen-bond acceptors (Lipinski definition) is 5. The molecule has 0 saturated heterocycles. The summed E-state index contributed by atoms with van der Waals surface area (Å²) in [4.78, 5) is 10.1. The maximum atomic E-state index is 13.6. The fourth-order valence-electron chi connectivity index (χ4n) is 1.64. The van der Waals surface area contributed by atoms with Crippen LogP contribution in [0.15, 0.2) is 29.6 Å². The highest BCUT2D eigenvalue weighted by atomic mass is 32.1. The number of thiophene rings is 1. The molecule has 0 unspecified atom stereocenters. The minimum atomic E-state index is -0.437. The van der Waals surface area contributed by atoms with Gasteiger partial charge in [-0.15, -0.1) is 0 Å². The Kier molecular flexibility index (Phi) is 4.52. The van der Waals surface area contributed by atoms with Crippen LogP contribution in [-0.2, 0) is 6.54 Å². The Morgan fingerprint density at radius 3 is 2.85 bits per heavy atom. The van der Waals surface area contributed by atoms with Gasteiger partial charge >= 0.3 is 5.00 Å².